The lowest BCUT2D eigenvalue weighted by Crippen LogP contribution is -2.40. The molecule has 27 heavy (non-hydrogen) atoms. The fraction of sp³-hybridized carbons (Fsp3) is 0.562. The summed E-state index contributed by atoms with van der Waals surface area (Å²) in [4.78, 5) is 23.3. The van der Waals surface area contributed by atoms with Gasteiger partial charge >= 0.3 is 6.18 Å². The number of amides is 1. The third-order valence-electron chi connectivity index (χ3n) is 4.40. The Morgan fingerprint density at radius 1 is 1.22 bits per heavy atom. The molecule has 0 unspecified atom stereocenters. The molecule has 2 rings (SSSR count). The maximum Gasteiger partial charge on any atom is 0.391 e. The van der Waals surface area contributed by atoms with Crippen LogP contribution in [-0.4, -0.2) is 31.1 Å². The van der Waals surface area contributed by atoms with Crippen LogP contribution in [0, 0.1) is 10.8 Å². The summed E-state index contributed by atoms with van der Waals surface area (Å²) in [5, 5.41) is 7.50. The predicted molar refractivity (Wildman–Crippen MR) is 90.7 cm³/mol. The van der Waals surface area contributed by atoms with Crippen molar-refractivity contribution in [2.75, 3.05) is 11.9 Å². The van der Waals surface area contributed by atoms with E-state index in [0.717, 1.165) is 12.1 Å². The van der Waals surface area contributed by atoms with Crippen LogP contribution in [0.1, 0.15) is 36.0 Å². The number of benzene rings is 1. The Balaban J connectivity index is 2.05. The minimum atomic E-state index is -4.25. The molecule has 0 radical (unpaired) electrons. The van der Waals surface area contributed by atoms with Crippen LogP contribution >= 0.6 is 11.6 Å². The van der Waals surface area contributed by atoms with Crippen LogP contribution < -0.4 is 10.6 Å². The van der Waals surface area contributed by atoms with E-state index in [0.29, 0.717) is 0 Å². The molecule has 1 aliphatic carbocycles. The minimum absolute atomic E-state index is 0.0439. The van der Waals surface area contributed by atoms with Crippen LogP contribution in [0.25, 0.3) is 0 Å². The highest BCUT2D eigenvalue weighted by Gasteiger charge is 2.41. The van der Waals surface area contributed by atoms with Gasteiger partial charge in [0, 0.05) is 6.04 Å². The van der Waals surface area contributed by atoms with Crippen molar-refractivity contribution in [3.63, 3.8) is 0 Å². The Labute approximate surface area is 156 Å². The van der Waals surface area contributed by atoms with Gasteiger partial charge in [-0.3, -0.25) is 4.79 Å². The lowest BCUT2D eigenvalue weighted by Gasteiger charge is -2.30. The number of anilines is 1. The molecule has 0 bridgehead atoms. The number of nitrogens with one attached hydrogen (secondary N) is 2. The molecule has 0 spiro atoms. The van der Waals surface area contributed by atoms with Gasteiger partial charge < -0.3 is 10.6 Å². The highest BCUT2D eigenvalue weighted by molar-refractivity contribution is 6.34. The first kappa shape index (κ1) is 21.3. The number of hydrogen-bond donors (Lipinski definition) is 2. The summed E-state index contributed by atoms with van der Waals surface area (Å²) in [6, 6.07) is 1.74. The topological polar surface area (TPSA) is 70.6 Å². The molecule has 0 heterocycles. The molecule has 1 amide bonds. The van der Waals surface area contributed by atoms with Gasteiger partial charge in [-0.05, 0) is 43.0 Å². The number of nitroso groups, excluding NO2 is 1. The van der Waals surface area contributed by atoms with Crippen LogP contribution in [0.15, 0.2) is 17.3 Å². The number of hydrogen-bond acceptors (Lipinski definition) is 4. The minimum Gasteiger partial charge on any atom is -0.377 e. The summed E-state index contributed by atoms with van der Waals surface area (Å²) in [7, 11) is 0. The molecule has 2 N–H and O–H groups in total. The van der Waals surface area contributed by atoms with Crippen LogP contribution in [-0.2, 0) is 0 Å². The normalized spacial score (nSPS) is 20.4. The van der Waals surface area contributed by atoms with Crippen LogP contribution in [0.2, 0.25) is 5.02 Å². The van der Waals surface area contributed by atoms with Crippen LogP contribution in [0.5, 0.6) is 0 Å². The van der Waals surface area contributed by atoms with Gasteiger partial charge in [0.25, 0.3) is 12.3 Å². The number of carbonyl (C=O) groups is 1. The van der Waals surface area contributed by atoms with Crippen molar-refractivity contribution in [2.24, 2.45) is 11.1 Å². The molecule has 1 aliphatic rings. The Morgan fingerprint density at radius 2 is 1.85 bits per heavy atom. The van der Waals surface area contributed by atoms with Crippen LogP contribution in [0.3, 0.4) is 0 Å². The summed E-state index contributed by atoms with van der Waals surface area (Å²) < 4.78 is 62.6. The maximum atomic E-state index is 12.7. The van der Waals surface area contributed by atoms with Crippen molar-refractivity contribution in [3.8, 4) is 0 Å². The van der Waals surface area contributed by atoms with Gasteiger partial charge in [-0.15, -0.1) is 4.91 Å². The maximum absolute atomic E-state index is 12.7. The number of nitrogens with zero attached hydrogens (tertiary/aromatic N) is 1. The van der Waals surface area contributed by atoms with Gasteiger partial charge in [-0.2, -0.15) is 13.2 Å². The first-order valence-corrected chi connectivity index (χ1v) is 8.56. The summed E-state index contributed by atoms with van der Waals surface area (Å²) >= 11 is 5.99. The number of alkyl halides is 5. The largest absolute Gasteiger partial charge is 0.391 e. The van der Waals surface area contributed by atoms with Gasteiger partial charge in [0.15, 0.2) is 0 Å². The third-order valence-corrected chi connectivity index (χ3v) is 4.71. The van der Waals surface area contributed by atoms with E-state index in [1.54, 1.807) is 0 Å². The molecular weight excluding hydrogens is 397 g/mol. The van der Waals surface area contributed by atoms with Crippen molar-refractivity contribution in [1.82, 2.24) is 5.32 Å². The first-order valence-electron chi connectivity index (χ1n) is 8.18. The zero-order valence-electron chi connectivity index (χ0n) is 14.0. The third kappa shape index (κ3) is 5.75. The number of halogens is 6. The lowest BCUT2D eigenvalue weighted by molar-refractivity contribution is -0.182. The van der Waals surface area contributed by atoms with Gasteiger partial charge in [-0.25, -0.2) is 8.78 Å². The number of rotatable bonds is 6. The lowest BCUT2D eigenvalue weighted by atomic mass is 9.85. The molecule has 11 heteroatoms. The van der Waals surface area contributed by atoms with Crippen molar-refractivity contribution in [3.05, 3.63) is 27.6 Å². The Kier molecular flexibility index (Phi) is 6.96. The van der Waals surface area contributed by atoms with Crippen LogP contribution in [0.4, 0.5) is 33.3 Å². The highest BCUT2D eigenvalue weighted by atomic mass is 35.5. The van der Waals surface area contributed by atoms with Crippen molar-refractivity contribution in [2.45, 2.75) is 44.3 Å². The molecule has 0 saturated heterocycles. The van der Waals surface area contributed by atoms with E-state index >= 15 is 0 Å². The summed E-state index contributed by atoms with van der Waals surface area (Å²) in [6.07, 6.45) is -6.75. The Bertz CT molecular complexity index is 691. The van der Waals surface area contributed by atoms with Gasteiger partial charge in [0.05, 0.1) is 28.7 Å². The highest BCUT2D eigenvalue weighted by Crippen LogP contribution is 2.38. The van der Waals surface area contributed by atoms with E-state index in [1.165, 1.54) is 0 Å². The fourth-order valence-corrected chi connectivity index (χ4v) is 3.22. The van der Waals surface area contributed by atoms with Gasteiger partial charge in [0.1, 0.15) is 5.69 Å². The molecule has 150 valence electrons. The van der Waals surface area contributed by atoms with E-state index in [4.69, 9.17) is 11.6 Å². The van der Waals surface area contributed by atoms with E-state index in [2.05, 4.69) is 15.8 Å². The second-order valence-electron chi connectivity index (χ2n) is 6.28. The van der Waals surface area contributed by atoms with E-state index in [9.17, 15) is 31.7 Å². The molecule has 1 aromatic carbocycles. The SMILES string of the molecule is O=Nc1cc(C(=O)NC2CCC(C(F)(F)F)CC2)c(Cl)cc1NCC(F)F. The monoisotopic (exact) mass is 413 g/mol. The van der Waals surface area contributed by atoms with Crippen molar-refractivity contribution >= 4 is 28.9 Å². The first-order chi connectivity index (χ1) is 12.6. The van der Waals surface area contributed by atoms with E-state index in [1.807, 2.05) is 0 Å². The van der Waals surface area contributed by atoms with E-state index in [-0.39, 0.29) is 47.6 Å². The summed E-state index contributed by atoms with van der Waals surface area (Å²) in [5.41, 5.74) is -0.421. The molecule has 1 aromatic rings. The average Bonchev–Trinajstić information content (AvgIpc) is 2.59. The molecule has 0 atom stereocenters. The zero-order chi connectivity index (χ0) is 20.2. The Morgan fingerprint density at radius 3 is 2.37 bits per heavy atom. The smallest absolute Gasteiger partial charge is 0.377 e. The average molecular weight is 414 g/mol. The second kappa shape index (κ2) is 8.81. The number of carbonyl (C=O) groups excluding carboxylic acids is 1. The summed E-state index contributed by atoms with van der Waals surface area (Å²) in [5.74, 6) is -2.04. The quantitative estimate of drug-likeness (QED) is 0.493. The fourth-order valence-electron chi connectivity index (χ4n) is 2.97. The predicted octanol–water partition coefficient (Wildman–Crippen LogP) is 5.27. The molecule has 1 fully saturated rings. The standard InChI is InChI=1S/C16H17ClF5N3O2/c17-11-6-12(23-7-14(18)19)13(25-27)5-10(11)15(26)24-9-3-1-8(2-4-9)16(20,21)22/h5-6,8-9,14,23H,1-4,7H2,(H,24,26). The van der Waals surface area contributed by atoms with Gasteiger partial charge in [0.2, 0.25) is 0 Å². The molecular formula is C16H17ClF5N3O2. The van der Waals surface area contributed by atoms with Gasteiger partial charge in [-0.1, -0.05) is 11.6 Å². The molecule has 5 nitrogen and oxygen atoms in total. The molecule has 0 aliphatic heterocycles. The van der Waals surface area contributed by atoms with E-state index < -0.39 is 37.0 Å². The molecule has 1 saturated carbocycles. The van der Waals surface area contributed by atoms with Crippen molar-refractivity contribution in [1.29, 1.82) is 0 Å². The zero-order valence-corrected chi connectivity index (χ0v) is 14.7. The second-order valence-corrected chi connectivity index (χ2v) is 6.68. The Hall–Kier alpha value is -1.97. The summed E-state index contributed by atoms with van der Waals surface area (Å²) in [6.45, 7) is -0.729. The molecule has 0 aromatic heterocycles. The van der Waals surface area contributed by atoms with Crippen molar-refractivity contribution < 1.29 is 26.7 Å².